The molecule has 5 N–H and O–H groups in total. The molecule has 0 rings (SSSR count). The van der Waals surface area contributed by atoms with Gasteiger partial charge in [-0.3, -0.25) is 4.79 Å². The van der Waals surface area contributed by atoms with Crippen LogP contribution < -0.4 is 11.1 Å². The summed E-state index contributed by atoms with van der Waals surface area (Å²) in [5.74, 6) is -0.0579. The summed E-state index contributed by atoms with van der Waals surface area (Å²) < 4.78 is 0. The van der Waals surface area contributed by atoms with E-state index in [4.69, 9.17) is 15.9 Å². The number of nitrogens with one attached hydrogen (secondary N) is 1. The monoisotopic (exact) mass is 218 g/mol. The van der Waals surface area contributed by atoms with E-state index in [2.05, 4.69) is 5.32 Å². The largest absolute Gasteiger partial charge is 0.368 e. The van der Waals surface area contributed by atoms with Gasteiger partial charge in [-0.05, 0) is 19.9 Å². The van der Waals surface area contributed by atoms with Crippen molar-refractivity contribution in [3.05, 3.63) is 0 Å². The second-order valence-corrected chi connectivity index (χ2v) is 4.44. The number of hydrogen-bond donors (Lipinski definition) is 4. The third-order valence-electron chi connectivity index (χ3n) is 2.36. The predicted molar refractivity (Wildman–Crippen MR) is 58.1 cm³/mol. The van der Waals surface area contributed by atoms with Gasteiger partial charge in [0, 0.05) is 12.0 Å². The molecule has 0 aromatic carbocycles. The molecule has 0 fully saturated rings. The van der Waals surface area contributed by atoms with Crippen molar-refractivity contribution >= 4 is 5.78 Å². The fourth-order valence-corrected chi connectivity index (χ4v) is 1.49. The van der Waals surface area contributed by atoms with Crippen LogP contribution in [0.2, 0.25) is 0 Å². The molecule has 0 bridgehead atoms. The normalized spacial score (nSPS) is 14.3. The minimum Gasteiger partial charge on any atom is -0.368 e. The van der Waals surface area contributed by atoms with Gasteiger partial charge in [0.05, 0.1) is 6.04 Å². The van der Waals surface area contributed by atoms with Crippen LogP contribution in [0.5, 0.6) is 0 Å². The Bertz CT molecular complexity index is 205. The summed E-state index contributed by atoms with van der Waals surface area (Å²) in [6.45, 7) is 4.20. The van der Waals surface area contributed by atoms with Crippen molar-refractivity contribution in [3.63, 3.8) is 0 Å². The minimum absolute atomic E-state index is 0.0579. The molecule has 1 atom stereocenters. The van der Waals surface area contributed by atoms with Crippen molar-refractivity contribution in [2.24, 2.45) is 11.1 Å². The second kappa shape index (κ2) is 6.17. The molecule has 0 radical (unpaired) electrons. The number of nitrogens with two attached hydrogens (primary N) is 1. The number of rotatable bonds is 7. The Hall–Kier alpha value is -0.490. The molecule has 0 heterocycles. The standard InChI is InChI=1S/C10H22N2O3/c1-10(2,6-12-3)9(15)7(11)4-5-8(13)14/h7-8,12-14H,4-6,11H2,1-3H3. The SMILES string of the molecule is CNCC(C)(C)C(=O)C(N)CCC(O)O. The molecule has 0 aromatic heterocycles. The van der Waals surface area contributed by atoms with Crippen LogP contribution in [0.25, 0.3) is 0 Å². The smallest absolute Gasteiger partial charge is 0.156 e. The van der Waals surface area contributed by atoms with Gasteiger partial charge in [-0.25, -0.2) is 0 Å². The van der Waals surface area contributed by atoms with Crippen LogP contribution in [-0.2, 0) is 4.79 Å². The molecule has 0 amide bonds. The Morgan fingerprint density at radius 1 is 1.40 bits per heavy atom. The van der Waals surface area contributed by atoms with Gasteiger partial charge in [0.1, 0.15) is 0 Å². The van der Waals surface area contributed by atoms with E-state index < -0.39 is 17.7 Å². The number of ketones is 1. The van der Waals surface area contributed by atoms with E-state index in [1.165, 1.54) is 0 Å². The molecule has 5 nitrogen and oxygen atoms in total. The molecule has 0 aromatic rings. The average Bonchev–Trinajstić information content (AvgIpc) is 2.12. The van der Waals surface area contributed by atoms with Crippen molar-refractivity contribution in [2.45, 2.75) is 39.0 Å². The highest BCUT2D eigenvalue weighted by atomic mass is 16.5. The molecular weight excluding hydrogens is 196 g/mol. The highest BCUT2D eigenvalue weighted by Gasteiger charge is 2.30. The zero-order valence-electron chi connectivity index (χ0n) is 9.66. The van der Waals surface area contributed by atoms with E-state index >= 15 is 0 Å². The van der Waals surface area contributed by atoms with Gasteiger partial charge in [-0.1, -0.05) is 13.8 Å². The highest BCUT2D eigenvalue weighted by Crippen LogP contribution is 2.18. The number of carbonyl (C=O) groups excluding carboxylic acids is 1. The summed E-state index contributed by atoms with van der Waals surface area (Å²) in [6.07, 6.45) is -0.970. The van der Waals surface area contributed by atoms with Gasteiger partial charge in [0.15, 0.2) is 12.1 Å². The Balaban J connectivity index is 4.18. The van der Waals surface area contributed by atoms with Gasteiger partial charge >= 0.3 is 0 Å². The molecule has 0 saturated carbocycles. The summed E-state index contributed by atoms with van der Waals surface area (Å²) in [5.41, 5.74) is 5.16. The van der Waals surface area contributed by atoms with Gasteiger partial charge < -0.3 is 21.3 Å². The Labute approximate surface area is 90.7 Å². The summed E-state index contributed by atoms with van der Waals surface area (Å²) in [4.78, 5) is 11.8. The molecule has 0 saturated heterocycles. The fourth-order valence-electron chi connectivity index (χ4n) is 1.49. The van der Waals surface area contributed by atoms with Gasteiger partial charge in [-0.15, -0.1) is 0 Å². The van der Waals surface area contributed by atoms with Crippen LogP contribution in [0.3, 0.4) is 0 Å². The summed E-state index contributed by atoms with van der Waals surface area (Å²) in [5, 5.41) is 20.3. The Morgan fingerprint density at radius 2 is 1.93 bits per heavy atom. The molecule has 0 aliphatic heterocycles. The van der Waals surface area contributed by atoms with Crippen LogP contribution in [-0.4, -0.2) is 41.9 Å². The van der Waals surface area contributed by atoms with Crippen molar-refractivity contribution in [2.75, 3.05) is 13.6 Å². The van der Waals surface area contributed by atoms with Crippen molar-refractivity contribution < 1.29 is 15.0 Å². The van der Waals surface area contributed by atoms with Gasteiger partial charge in [-0.2, -0.15) is 0 Å². The van der Waals surface area contributed by atoms with Crippen LogP contribution in [0.1, 0.15) is 26.7 Å². The van der Waals surface area contributed by atoms with Crippen molar-refractivity contribution in [1.82, 2.24) is 5.32 Å². The number of Topliss-reactive ketones (excluding diaryl/α,β-unsaturated/α-hetero) is 1. The lowest BCUT2D eigenvalue weighted by atomic mass is 9.83. The molecule has 90 valence electrons. The summed E-state index contributed by atoms with van der Waals surface area (Å²) in [6, 6.07) is -0.629. The zero-order valence-corrected chi connectivity index (χ0v) is 9.66. The Kier molecular flexibility index (Phi) is 5.97. The zero-order chi connectivity index (χ0) is 12.1. The van der Waals surface area contributed by atoms with Crippen LogP contribution in [0.15, 0.2) is 0 Å². The quantitative estimate of drug-likeness (QED) is 0.420. The Morgan fingerprint density at radius 3 is 2.33 bits per heavy atom. The molecule has 15 heavy (non-hydrogen) atoms. The summed E-state index contributed by atoms with van der Waals surface area (Å²) >= 11 is 0. The number of hydrogen-bond acceptors (Lipinski definition) is 5. The third kappa shape index (κ3) is 5.22. The van der Waals surface area contributed by atoms with E-state index in [9.17, 15) is 4.79 Å². The van der Waals surface area contributed by atoms with Gasteiger partial charge in [0.2, 0.25) is 0 Å². The highest BCUT2D eigenvalue weighted by molar-refractivity contribution is 5.89. The lowest BCUT2D eigenvalue weighted by molar-refractivity contribution is -0.128. The maximum absolute atomic E-state index is 11.8. The average molecular weight is 218 g/mol. The first-order valence-corrected chi connectivity index (χ1v) is 5.12. The van der Waals surface area contributed by atoms with E-state index in [1.54, 1.807) is 7.05 Å². The molecule has 0 aliphatic carbocycles. The van der Waals surface area contributed by atoms with Crippen molar-refractivity contribution in [1.29, 1.82) is 0 Å². The number of aliphatic hydroxyl groups excluding tert-OH is 1. The maximum atomic E-state index is 11.8. The minimum atomic E-state index is -1.39. The predicted octanol–water partition coefficient (Wildman–Crippen LogP) is -0.781. The topological polar surface area (TPSA) is 95.6 Å². The van der Waals surface area contributed by atoms with Crippen molar-refractivity contribution in [3.8, 4) is 0 Å². The molecular formula is C10H22N2O3. The first kappa shape index (κ1) is 14.5. The van der Waals surface area contributed by atoms with Crippen LogP contribution >= 0.6 is 0 Å². The molecule has 0 aliphatic rings. The molecule has 1 unspecified atom stereocenters. The lowest BCUT2D eigenvalue weighted by Crippen LogP contribution is -2.45. The lowest BCUT2D eigenvalue weighted by Gasteiger charge is -2.26. The van der Waals surface area contributed by atoms with Crippen LogP contribution in [0, 0.1) is 5.41 Å². The van der Waals surface area contributed by atoms with E-state index in [0.29, 0.717) is 13.0 Å². The van der Waals surface area contributed by atoms with Crippen LogP contribution in [0.4, 0.5) is 0 Å². The molecule has 0 spiro atoms. The summed E-state index contributed by atoms with van der Waals surface area (Å²) in [7, 11) is 1.78. The molecule has 5 heteroatoms. The first-order chi connectivity index (χ1) is 6.81. The van der Waals surface area contributed by atoms with E-state index in [0.717, 1.165) is 0 Å². The number of carbonyl (C=O) groups is 1. The second-order valence-electron chi connectivity index (χ2n) is 4.44. The maximum Gasteiger partial charge on any atom is 0.156 e. The third-order valence-corrected chi connectivity index (χ3v) is 2.36. The van der Waals surface area contributed by atoms with E-state index in [-0.39, 0.29) is 12.2 Å². The van der Waals surface area contributed by atoms with E-state index in [1.807, 2.05) is 13.8 Å². The first-order valence-electron chi connectivity index (χ1n) is 5.12. The number of aliphatic hydroxyl groups is 2. The fraction of sp³-hybridized carbons (Fsp3) is 0.900. The van der Waals surface area contributed by atoms with Gasteiger partial charge in [0.25, 0.3) is 0 Å².